The molecule has 0 aromatic heterocycles. The number of nitrogens with two attached hydrogens (primary N) is 1. The molecule has 2 atom stereocenters. The van der Waals surface area contributed by atoms with Gasteiger partial charge in [0.05, 0.1) is 0 Å². The highest BCUT2D eigenvalue weighted by Crippen LogP contribution is 2.11. The third-order valence-corrected chi connectivity index (χ3v) is 3.58. The first-order chi connectivity index (χ1) is 7.54. The number of hydrogen-bond donors (Lipinski definition) is 2. The quantitative estimate of drug-likeness (QED) is 0.738. The van der Waals surface area contributed by atoms with Crippen LogP contribution < -0.4 is 11.1 Å². The first-order valence-corrected chi connectivity index (χ1v) is 6.33. The Bertz CT molecular complexity index is 222. The molecule has 1 rings (SSSR count). The van der Waals surface area contributed by atoms with Crippen LogP contribution in [-0.2, 0) is 4.79 Å². The van der Waals surface area contributed by atoms with Gasteiger partial charge in [-0.1, -0.05) is 13.8 Å². The molecule has 0 bridgehead atoms. The van der Waals surface area contributed by atoms with Crippen LogP contribution >= 0.6 is 0 Å². The smallest absolute Gasteiger partial charge is 0.224 e. The topological polar surface area (TPSA) is 58.4 Å². The van der Waals surface area contributed by atoms with E-state index in [-0.39, 0.29) is 17.9 Å². The van der Waals surface area contributed by atoms with Gasteiger partial charge in [-0.05, 0) is 26.3 Å². The van der Waals surface area contributed by atoms with Crippen LogP contribution in [0.1, 0.15) is 33.6 Å². The summed E-state index contributed by atoms with van der Waals surface area (Å²) in [7, 11) is 0. The van der Waals surface area contributed by atoms with Crippen LogP contribution in [0.2, 0.25) is 0 Å². The van der Waals surface area contributed by atoms with Gasteiger partial charge in [0.1, 0.15) is 0 Å². The maximum atomic E-state index is 11.8. The lowest BCUT2D eigenvalue weighted by atomic mass is 10.0. The Morgan fingerprint density at radius 1 is 1.44 bits per heavy atom. The highest BCUT2D eigenvalue weighted by Gasteiger charge is 2.23. The number of carbonyl (C=O) groups is 1. The minimum absolute atomic E-state index is 0.0734. The highest BCUT2D eigenvalue weighted by atomic mass is 16.1. The molecular formula is C12H25N3O. The fourth-order valence-electron chi connectivity index (χ4n) is 1.96. The summed E-state index contributed by atoms with van der Waals surface area (Å²) in [5.74, 6) is 0.00848. The highest BCUT2D eigenvalue weighted by molar-refractivity contribution is 5.79. The molecule has 1 heterocycles. The van der Waals surface area contributed by atoms with Gasteiger partial charge in [0.2, 0.25) is 5.91 Å². The maximum Gasteiger partial charge on any atom is 0.224 e. The second-order valence-electron chi connectivity index (χ2n) is 4.86. The zero-order valence-electron chi connectivity index (χ0n) is 10.7. The molecule has 94 valence electrons. The van der Waals surface area contributed by atoms with Gasteiger partial charge in [-0.25, -0.2) is 0 Å². The fraction of sp³-hybridized carbons (Fsp3) is 0.917. The molecule has 1 aliphatic heterocycles. The van der Waals surface area contributed by atoms with Gasteiger partial charge < -0.3 is 16.0 Å². The number of amides is 1. The number of nitrogens with zero attached hydrogens (tertiary/aromatic N) is 1. The fourth-order valence-corrected chi connectivity index (χ4v) is 1.96. The summed E-state index contributed by atoms with van der Waals surface area (Å²) >= 11 is 0. The van der Waals surface area contributed by atoms with E-state index in [0.29, 0.717) is 6.04 Å². The summed E-state index contributed by atoms with van der Waals surface area (Å²) in [4.78, 5) is 14.2. The van der Waals surface area contributed by atoms with Crippen molar-refractivity contribution in [1.29, 1.82) is 0 Å². The average Bonchev–Trinajstić information content (AvgIpc) is 2.28. The molecule has 1 fully saturated rings. The SMILES string of the molecule is CCN1CCC(NC(=O)C(C)C(C)N)CC1. The summed E-state index contributed by atoms with van der Waals surface area (Å²) in [6.07, 6.45) is 2.12. The number of carbonyl (C=O) groups excluding carboxylic acids is 1. The average molecular weight is 227 g/mol. The Morgan fingerprint density at radius 2 is 2.00 bits per heavy atom. The number of rotatable bonds is 4. The van der Waals surface area contributed by atoms with Crippen LogP contribution in [0.25, 0.3) is 0 Å². The Balaban J connectivity index is 2.31. The summed E-state index contributed by atoms with van der Waals surface area (Å²) in [6, 6.07) is 0.271. The second-order valence-corrected chi connectivity index (χ2v) is 4.86. The van der Waals surface area contributed by atoms with Gasteiger partial charge >= 0.3 is 0 Å². The van der Waals surface area contributed by atoms with E-state index in [1.807, 2.05) is 13.8 Å². The van der Waals surface area contributed by atoms with Crippen molar-refractivity contribution >= 4 is 5.91 Å². The Labute approximate surface area is 98.6 Å². The molecule has 0 aromatic rings. The third-order valence-electron chi connectivity index (χ3n) is 3.58. The van der Waals surface area contributed by atoms with E-state index in [2.05, 4.69) is 17.1 Å². The van der Waals surface area contributed by atoms with E-state index in [9.17, 15) is 4.79 Å². The minimum Gasteiger partial charge on any atom is -0.353 e. The number of nitrogens with one attached hydrogen (secondary N) is 1. The molecular weight excluding hydrogens is 202 g/mol. The Hall–Kier alpha value is -0.610. The Morgan fingerprint density at radius 3 is 2.44 bits per heavy atom. The second kappa shape index (κ2) is 6.21. The minimum atomic E-state index is -0.0933. The summed E-state index contributed by atoms with van der Waals surface area (Å²) < 4.78 is 0. The predicted octanol–water partition coefficient (Wildman–Crippen LogP) is 0.570. The van der Waals surface area contributed by atoms with E-state index in [1.54, 1.807) is 0 Å². The van der Waals surface area contributed by atoms with Crippen molar-refractivity contribution in [2.45, 2.75) is 45.7 Å². The van der Waals surface area contributed by atoms with Crippen molar-refractivity contribution in [2.24, 2.45) is 11.7 Å². The first kappa shape index (κ1) is 13.5. The van der Waals surface area contributed by atoms with Crippen molar-refractivity contribution in [2.75, 3.05) is 19.6 Å². The number of likely N-dealkylation sites (tertiary alicyclic amines) is 1. The number of hydrogen-bond acceptors (Lipinski definition) is 3. The van der Waals surface area contributed by atoms with Gasteiger partial charge in [-0.15, -0.1) is 0 Å². The Kier molecular flexibility index (Phi) is 5.22. The maximum absolute atomic E-state index is 11.8. The molecule has 3 N–H and O–H groups in total. The van der Waals surface area contributed by atoms with Gasteiger partial charge in [0.25, 0.3) is 0 Å². The standard InChI is InChI=1S/C12H25N3O/c1-4-15-7-5-11(6-8-15)14-12(16)9(2)10(3)13/h9-11H,4-8,13H2,1-3H3,(H,14,16). The zero-order valence-corrected chi connectivity index (χ0v) is 10.7. The van der Waals surface area contributed by atoms with E-state index in [0.717, 1.165) is 32.5 Å². The molecule has 0 radical (unpaired) electrons. The molecule has 0 aromatic carbocycles. The molecule has 16 heavy (non-hydrogen) atoms. The van der Waals surface area contributed by atoms with Crippen LogP contribution in [0.15, 0.2) is 0 Å². The van der Waals surface area contributed by atoms with E-state index >= 15 is 0 Å². The van der Waals surface area contributed by atoms with Gasteiger partial charge in [0.15, 0.2) is 0 Å². The van der Waals surface area contributed by atoms with Crippen LogP contribution in [0, 0.1) is 5.92 Å². The molecule has 4 nitrogen and oxygen atoms in total. The normalized spacial score (nSPS) is 22.8. The molecule has 0 saturated carbocycles. The van der Waals surface area contributed by atoms with Crippen molar-refractivity contribution in [3.63, 3.8) is 0 Å². The van der Waals surface area contributed by atoms with Gasteiger partial charge in [0, 0.05) is 31.1 Å². The van der Waals surface area contributed by atoms with Crippen molar-refractivity contribution in [1.82, 2.24) is 10.2 Å². The first-order valence-electron chi connectivity index (χ1n) is 6.33. The molecule has 1 saturated heterocycles. The predicted molar refractivity (Wildman–Crippen MR) is 66.1 cm³/mol. The molecule has 1 amide bonds. The summed E-state index contributed by atoms with van der Waals surface area (Å²) in [5.41, 5.74) is 5.72. The van der Waals surface area contributed by atoms with E-state index in [4.69, 9.17) is 5.73 Å². The molecule has 0 spiro atoms. The van der Waals surface area contributed by atoms with Crippen LogP contribution in [0.4, 0.5) is 0 Å². The third kappa shape index (κ3) is 3.76. The summed E-state index contributed by atoms with van der Waals surface area (Å²) in [6.45, 7) is 9.24. The van der Waals surface area contributed by atoms with Gasteiger partial charge in [-0.3, -0.25) is 4.79 Å². The number of piperidine rings is 1. The van der Waals surface area contributed by atoms with E-state index < -0.39 is 0 Å². The van der Waals surface area contributed by atoms with E-state index in [1.165, 1.54) is 0 Å². The van der Waals surface area contributed by atoms with Crippen molar-refractivity contribution in [3.05, 3.63) is 0 Å². The van der Waals surface area contributed by atoms with Crippen LogP contribution in [-0.4, -0.2) is 42.5 Å². The lowest BCUT2D eigenvalue weighted by molar-refractivity contribution is -0.126. The largest absolute Gasteiger partial charge is 0.353 e. The van der Waals surface area contributed by atoms with Crippen molar-refractivity contribution in [3.8, 4) is 0 Å². The summed E-state index contributed by atoms with van der Waals surface area (Å²) in [5, 5.41) is 3.10. The zero-order chi connectivity index (χ0) is 12.1. The molecule has 0 aliphatic carbocycles. The van der Waals surface area contributed by atoms with Gasteiger partial charge in [-0.2, -0.15) is 0 Å². The van der Waals surface area contributed by atoms with Crippen molar-refractivity contribution < 1.29 is 4.79 Å². The van der Waals surface area contributed by atoms with Crippen LogP contribution in [0.5, 0.6) is 0 Å². The lowest BCUT2D eigenvalue weighted by Crippen LogP contribution is -2.48. The lowest BCUT2D eigenvalue weighted by Gasteiger charge is -2.32. The molecule has 1 aliphatic rings. The molecule has 4 heteroatoms. The monoisotopic (exact) mass is 227 g/mol. The van der Waals surface area contributed by atoms with Crippen LogP contribution in [0.3, 0.4) is 0 Å². The molecule has 2 unspecified atom stereocenters.